The van der Waals surface area contributed by atoms with Crippen LogP contribution in [0.1, 0.15) is 4.88 Å². The molecule has 36 valence electrons. The second kappa shape index (κ2) is 1.98. The molecule has 0 amide bonds. The summed E-state index contributed by atoms with van der Waals surface area (Å²) in [7, 11) is 10.9. The quantitative estimate of drug-likeness (QED) is 0.408. The van der Waals surface area contributed by atoms with E-state index in [1.807, 2.05) is 13.0 Å². The highest BCUT2D eigenvalue weighted by Gasteiger charge is 1.92. The van der Waals surface area contributed by atoms with Crippen molar-refractivity contribution < 1.29 is 0 Å². The summed E-state index contributed by atoms with van der Waals surface area (Å²) in [6, 6.07) is 1.88. The summed E-state index contributed by atoms with van der Waals surface area (Å²) in [4.78, 5) is 1.17. The molecule has 0 nitrogen and oxygen atoms in total. The summed E-state index contributed by atoms with van der Waals surface area (Å²) in [5, 5.41) is 0. The average Bonchev–Trinajstić information content (AvgIpc) is 1.85. The summed E-state index contributed by atoms with van der Waals surface area (Å²) in [5.74, 6) is 0. The van der Waals surface area contributed by atoms with Gasteiger partial charge in [-0.15, -0.1) is 0 Å². The Bertz CT molecular complexity index is 173. The lowest BCUT2D eigenvalue weighted by Crippen LogP contribution is -2.18. The van der Waals surface area contributed by atoms with E-state index >= 15 is 0 Å². The molecule has 0 atom stereocenters. The maximum Gasteiger partial charge on any atom is 0.128 e. The van der Waals surface area contributed by atoms with Gasteiger partial charge >= 0.3 is 0 Å². The van der Waals surface area contributed by atoms with Gasteiger partial charge in [0, 0.05) is 4.88 Å². The van der Waals surface area contributed by atoms with Gasteiger partial charge in [0.25, 0.3) is 0 Å². The highest BCUT2D eigenvalue weighted by Crippen LogP contribution is 1.98. The topological polar surface area (TPSA) is 0 Å². The molecule has 1 aromatic heterocycles. The van der Waals surface area contributed by atoms with Crippen LogP contribution in [-0.4, -0.2) is 15.7 Å². The molecule has 1 aromatic rings. The van der Waals surface area contributed by atoms with Gasteiger partial charge in [-0.1, -0.05) is 16.3 Å². The molecule has 8 heavy (non-hydrogen) atoms. The van der Waals surface area contributed by atoms with Crippen molar-refractivity contribution in [1.82, 2.24) is 0 Å². The van der Waals surface area contributed by atoms with Gasteiger partial charge in [0.05, 0.1) is 0 Å². The van der Waals surface area contributed by atoms with Crippen molar-refractivity contribution in [1.29, 1.82) is 0 Å². The summed E-state index contributed by atoms with van der Waals surface area (Å²) >= 11 is 1.52. The van der Waals surface area contributed by atoms with Crippen molar-refractivity contribution >= 4 is 37.3 Å². The summed E-state index contributed by atoms with van der Waals surface area (Å²) in [6.45, 7) is 1.98. The fourth-order valence-electron chi connectivity index (χ4n) is 0.552. The van der Waals surface area contributed by atoms with Crippen molar-refractivity contribution in [2.45, 2.75) is 6.92 Å². The van der Waals surface area contributed by atoms with Crippen molar-refractivity contribution in [3.63, 3.8) is 0 Å². The first kappa shape index (κ1) is 5.96. The predicted molar refractivity (Wildman–Crippen MR) is 39.8 cm³/mol. The van der Waals surface area contributed by atoms with Gasteiger partial charge in [-0.25, -0.2) is 0 Å². The largest absolute Gasteiger partial charge is 0.158 e. The van der Waals surface area contributed by atoms with Crippen LogP contribution in [0.3, 0.4) is 0 Å². The summed E-state index contributed by atoms with van der Waals surface area (Å²) < 4.78 is 0.725. The standard InChI is InChI=1S/C5H4B2S/c1-3-2-4(6)5(7)8-3/h2H,1H3. The fourth-order valence-corrected chi connectivity index (χ4v) is 1.26. The average molecular weight is 118 g/mol. The second-order valence-electron chi connectivity index (χ2n) is 1.68. The Morgan fingerprint density at radius 2 is 2.12 bits per heavy atom. The molecule has 0 spiro atoms. The number of rotatable bonds is 0. The van der Waals surface area contributed by atoms with Gasteiger partial charge in [-0.05, 0) is 6.92 Å². The van der Waals surface area contributed by atoms with E-state index in [1.165, 1.54) is 16.2 Å². The molecule has 1 rings (SSSR count). The van der Waals surface area contributed by atoms with Gasteiger partial charge in [0.1, 0.15) is 15.7 Å². The highest BCUT2D eigenvalue weighted by atomic mass is 32.1. The van der Waals surface area contributed by atoms with Crippen molar-refractivity contribution in [3.05, 3.63) is 10.9 Å². The second-order valence-corrected chi connectivity index (χ2v) is 2.96. The van der Waals surface area contributed by atoms with E-state index in [0.29, 0.717) is 5.46 Å². The van der Waals surface area contributed by atoms with Gasteiger partial charge in [-0.3, -0.25) is 0 Å². The maximum absolute atomic E-state index is 5.43. The number of hydrogen-bond acceptors (Lipinski definition) is 1. The van der Waals surface area contributed by atoms with Gasteiger partial charge < -0.3 is 0 Å². The van der Waals surface area contributed by atoms with Crippen molar-refractivity contribution in [2.75, 3.05) is 0 Å². The summed E-state index contributed by atoms with van der Waals surface area (Å²) in [5.41, 5.74) is 0.701. The minimum absolute atomic E-state index is 0.701. The molecule has 0 unspecified atom stereocenters. The molecule has 0 N–H and O–H groups in total. The number of hydrogen-bond donors (Lipinski definition) is 0. The van der Waals surface area contributed by atoms with E-state index in [1.54, 1.807) is 0 Å². The fraction of sp³-hybridized carbons (Fsp3) is 0.200. The Kier molecular flexibility index (Phi) is 1.47. The normalized spacial score (nSPS) is 9.62. The molecule has 0 aliphatic rings. The van der Waals surface area contributed by atoms with Crippen LogP contribution in [0.2, 0.25) is 0 Å². The Hall–Kier alpha value is -0.170. The van der Waals surface area contributed by atoms with Gasteiger partial charge in [-0.2, -0.15) is 11.3 Å². The third-order valence-electron chi connectivity index (χ3n) is 0.914. The first-order chi connectivity index (χ1) is 3.70. The first-order valence-electron chi connectivity index (χ1n) is 2.31. The number of aryl methyl sites for hydroxylation is 1. The number of thiophene rings is 1. The van der Waals surface area contributed by atoms with Crippen molar-refractivity contribution in [3.8, 4) is 0 Å². The van der Waals surface area contributed by atoms with Crippen LogP contribution in [0.4, 0.5) is 0 Å². The van der Waals surface area contributed by atoms with E-state index in [-0.39, 0.29) is 0 Å². The SMILES string of the molecule is [B]c1cc(C)sc1[B]. The molecule has 0 saturated carbocycles. The van der Waals surface area contributed by atoms with Crippen LogP contribution in [0.15, 0.2) is 6.07 Å². The lowest BCUT2D eigenvalue weighted by molar-refractivity contribution is 1.66. The zero-order valence-electron chi connectivity index (χ0n) is 4.64. The van der Waals surface area contributed by atoms with Crippen LogP contribution >= 0.6 is 11.3 Å². The van der Waals surface area contributed by atoms with Crippen LogP contribution in [-0.2, 0) is 0 Å². The van der Waals surface area contributed by atoms with Crippen LogP contribution in [0.25, 0.3) is 0 Å². The van der Waals surface area contributed by atoms with Crippen molar-refractivity contribution in [2.24, 2.45) is 0 Å². The molecule has 0 fully saturated rings. The van der Waals surface area contributed by atoms with Gasteiger partial charge in [0.2, 0.25) is 0 Å². The smallest absolute Gasteiger partial charge is 0.128 e. The Labute approximate surface area is 55.7 Å². The van der Waals surface area contributed by atoms with E-state index in [9.17, 15) is 0 Å². The lowest BCUT2D eigenvalue weighted by atomic mass is 9.89. The van der Waals surface area contributed by atoms with E-state index < -0.39 is 0 Å². The predicted octanol–water partition coefficient (Wildman–Crippen LogP) is -0.356. The van der Waals surface area contributed by atoms with Crippen LogP contribution in [0, 0.1) is 6.92 Å². The van der Waals surface area contributed by atoms with E-state index in [4.69, 9.17) is 15.7 Å². The van der Waals surface area contributed by atoms with E-state index in [2.05, 4.69) is 0 Å². The molecule has 0 aromatic carbocycles. The first-order valence-corrected chi connectivity index (χ1v) is 3.13. The zero-order chi connectivity index (χ0) is 6.15. The molecular weight excluding hydrogens is 114 g/mol. The molecule has 0 aliphatic heterocycles. The Morgan fingerprint density at radius 1 is 1.50 bits per heavy atom. The molecule has 3 heteroatoms. The molecule has 1 heterocycles. The summed E-state index contributed by atoms with van der Waals surface area (Å²) in [6.07, 6.45) is 0. The third kappa shape index (κ3) is 0.972. The minimum atomic E-state index is 0.701. The molecule has 0 aliphatic carbocycles. The Balaban J connectivity index is 3.14. The van der Waals surface area contributed by atoms with Crippen LogP contribution in [0.5, 0.6) is 0 Å². The molecule has 0 bridgehead atoms. The zero-order valence-corrected chi connectivity index (χ0v) is 5.46. The molecule has 4 radical (unpaired) electrons. The van der Waals surface area contributed by atoms with Gasteiger partial charge in [0.15, 0.2) is 0 Å². The maximum atomic E-state index is 5.43. The molecular formula is C5H4B2S. The molecule has 0 saturated heterocycles. The lowest BCUT2D eigenvalue weighted by Gasteiger charge is -1.80. The third-order valence-corrected chi connectivity index (χ3v) is 1.81. The monoisotopic (exact) mass is 118 g/mol. The van der Waals surface area contributed by atoms with Crippen LogP contribution < -0.4 is 10.2 Å². The highest BCUT2D eigenvalue weighted by molar-refractivity contribution is 7.21. The Morgan fingerprint density at radius 3 is 2.25 bits per heavy atom. The van der Waals surface area contributed by atoms with E-state index in [0.717, 1.165) is 4.78 Å². The minimum Gasteiger partial charge on any atom is -0.158 e.